The van der Waals surface area contributed by atoms with Crippen molar-refractivity contribution < 1.29 is 4.79 Å². The normalized spacial score (nSPS) is 13.4. The molecule has 0 radical (unpaired) electrons. The van der Waals surface area contributed by atoms with Crippen LogP contribution in [0, 0.1) is 0 Å². The summed E-state index contributed by atoms with van der Waals surface area (Å²) in [5, 5.41) is 0. The molecule has 0 aliphatic carbocycles. The number of fused-ring (bicyclic) bond motifs is 1. The number of halogens is 1. The van der Waals surface area contributed by atoms with Crippen LogP contribution in [0.3, 0.4) is 0 Å². The van der Waals surface area contributed by atoms with E-state index in [1.54, 1.807) is 6.92 Å². The van der Waals surface area contributed by atoms with Gasteiger partial charge in [0.05, 0.1) is 12.2 Å². The van der Waals surface area contributed by atoms with E-state index in [2.05, 4.69) is 31.9 Å². The van der Waals surface area contributed by atoms with Crippen LogP contribution in [0.4, 0.5) is 5.69 Å². The molecule has 0 amide bonds. The lowest BCUT2D eigenvalue weighted by Crippen LogP contribution is -2.20. The molecule has 1 aliphatic rings. The van der Waals surface area contributed by atoms with Gasteiger partial charge in [-0.05, 0) is 65.2 Å². The molecule has 0 fully saturated rings. The number of carbonyl (C=O) groups is 1. The molecule has 0 saturated heterocycles. The lowest BCUT2D eigenvalue weighted by molar-refractivity contribution is 0.101. The van der Waals surface area contributed by atoms with Crippen LogP contribution in [0.2, 0.25) is 0 Å². The van der Waals surface area contributed by atoms with Crippen LogP contribution in [0.25, 0.3) is 0 Å². The number of hydrogen-bond donors (Lipinski definition) is 0. The van der Waals surface area contributed by atoms with Gasteiger partial charge in [-0.3, -0.25) is 9.78 Å². The first-order valence-corrected chi connectivity index (χ1v) is 7.42. The largest absolute Gasteiger partial charge is 0.365 e. The highest BCUT2D eigenvalue weighted by molar-refractivity contribution is 9.10. The van der Waals surface area contributed by atoms with Crippen LogP contribution in [0.1, 0.15) is 28.5 Å². The van der Waals surface area contributed by atoms with E-state index in [1.807, 2.05) is 30.5 Å². The zero-order valence-electron chi connectivity index (χ0n) is 11.3. The summed E-state index contributed by atoms with van der Waals surface area (Å²) >= 11 is 3.40. The summed E-state index contributed by atoms with van der Waals surface area (Å²) < 4.78 is 0.995. The van der Waals surface area contributed by atoms with Crippen molar-refractivity contribution in [2.75, 3.05) is 11.4 Å². The predicted molar refractivity (Wildman–Crippen MR) is 83.1 cm³/mol. The minimum Gasteiger partial charge on any atom is -0.365 e. The minimum atomic E-state index is 0.126. The minimum absolute atomic E-state index is 0.126. The van der Waals surface area contributed by atoms with Crippen molar-refractivity contribution in [1.82, 2.24) is 4.98 Å². The van der Waals surface area contributed by atoms with Gasteiger partial charge in [0.15, 0.2) is 5.78 Å². The molecule has 4 heteroatoms. The Labute approximate surface area is 126 Å². The summed E-state index contributed by atoms with van der Waals surface area (Å²) in [7, 11) is 0. The topological polar surface area (TPSA) is 33.2 Å². The summed E-state index contributed by atoms with van der Waals surface area (Å²) in [5.74, 6) is 0.126. The maximum absolute atomic E-state index is 11.4. The van der Waals surface area contributed by atoms with E-state index in [1.165, 1.54) is 11.3 Å². The number of pyridine rings is 1. The quantitative estimate of drug-likeness (QED) is 0.806. The number of anilines is 1. The molecular weight excluding hydrogens is 316 g/mol. The van der Waals surface area contributed by atoms with Crippen molar-refractivity contribution in [3.63, 3.8) is 0 Å². The second-order valence-electron chi connectivity index (χ2n) is 5.04. The number of aromatic nitrogens is 1. The fraction of sp³-hybridized carbons (Fsp3) is 0.250. The van der Waals surface area contributed by atoms with E-state index in [0.29, 0.717) is 0 Å². The third kappa shape index (κ3) is 2.61. The standard InChI is InChI=1S/C16H15BrN2O/c1-11(20)12-2-5-16-13(8-12)6-7-19(16)10-15-4-3-14(17)9-18-15/h2-5,8-9H,6-7,10H2,1H3. The number of nitrogens with zero attached hydrogens (tertiary/aromatic N) is 2. The second kappa shape index (κ2) is 5.37. The Morgan fingerprint density at radius 3 is 2.90 bits per heavy atom. The molecule has 1 aromatic heterocycles. The molecule has 102 valence electrons. The van der Waals surface area contributed by atoms with Gasteiger partial charge in [0, 0.05) is 28.5 Å². The highest BCUT2D eigenvalue weighted by Gasteiger charge is 2.20. The fourth-order valence-electron chi connectivity index (χ4n) is 2.55. The fourth-order valence-corrected chi connectivity index (χ4v) is 2.78. The third-order valence-electron chi connectivity index (χ3n) is 3.62. The van der Waals surface area contributed by atoms with Crippen LogP contribution < -0.4 is 4.90 Å². The van der Waals surface area contributed by atoms with E-state index in [-0.39, 0.29) is 5.78 Å². The van der Waals surface area contributed by atoms with Crippen molar-refractivity contribution >= 4 is 27.4 Å². The molecule has 0 spiro atoms. The lowest BCUT2D eigenvalue weighted by Gasteiger charge is -2.19. The van der Waals surface area contributed by atoms with Gasteiger partial charge in [0.1, 0.15) is 0 Å². The van der Waals surface area contributed by atoms with E-state index in [9.17, 15) is 4.79 Å². The summed E-state index contributed by atoms with van der Waals surface area (Å²) in [6.45, 7) is 3.40. The summed E-state index contributed by atoms with van der Waals surface area (Å²) in [4.78, 5) is 18.2. The van der Waals surface area contributed by atoms with Crippen molar-refractivity contribution in [3.05, 3.63) is 57.8 Å². The van der Waals surface area contributed by atoms with Gasteiger partial charge in [-0.1, -0.05) is 0 Å². The average Bonchev–Trinajstić information content (AvgIpc) is 2.84. The Bertz CT molecular complexity index is 652. The van der Waals surface area contributed by atoms with Gasteiger partial charge >= 0.3 is 0 Å². The van der Waals surface area contributed by atoms with Gasteiger partial charge in [-0.25, -0.2) is 0 Å². The van der Waals surface area contributed by atoms with Gasteiger partial charge in [-0.2, -0.15) is 0 Å². The first kappa shape index (κ1) is 13.3. The van der Waals surface area contributed by atoms with E-state index in [0.717, 1.165) is 35.2 Å². The summed E-state index contributed by atoms with van der Waals surface area (Å²) in [6, 6.07) is 10.0. The number of benzene rings is 1. The van der Waals surface area contributed by atoms with Crippen LogP contribution in [0.5, 0.6) is 0 Å². The maximum atomic E-state index is 11.4. The number of hydrogen-bond acceptors (Lipinski definition) is 3. The molecule has 0 saturated carbocycles. The Balaban J connectivity index is 1.82. The molecule has 0 N–H and O–H groups in total. The second-order valence-corrected chi connectivity index (χ2v) is 5.95. The highest BCUT2D eigenvalue weighted by Crippen LogP contribution is 2.30. The number of rotatable bonds is 3. The predicted octanol–water partition coefficient (Wildman–Crippen LogP) is 3.61. The first-order chi connectivity index (χ1) is 9.63. The Hall–Kier alpha value is -1.68. The average molecular weight is 331 g/mol. The summed E-state index contributed by atoms with van der Waals surface area (Å²) in [5.41, 5.74) is 4.33. The van der Waals surface area contributed by atoms with Crippen LogP contribution in [0.15, 0.2) is 41.0 Å². The van der Waals surface area contributed by atoms with Crippen LogP contribution in [-0.4, -0.2) is 17.3 Å². The van der Waals surface area contributed by atoms with Crippen molar-refractivity contribution in [2.24, 2.45) is 0 Å². The highest BCUT2D eigenvalue weighted by atomic mass is 79.9. The molecule has 2 heterocycles. The van der Waals surface area contributed by atoms with Gasteiger partial charge < -0.3 is 4.90 Å². The first-order valence-electron chi connectivity index (χ1n) is 6.63. The van der Waals surface area contributed by atoms with E-state index >= 15 is 0 Å². The molecule has 1 aliphatic heterocycles. The van der Waals surface area contributed by atoms with Crippen molar-refractivity contribution in [2.45, 2.75) is 19.9 Å². The third-order valence-corrected chi connectivity index (χ3v) is 4.09. The van der Waals surface area contributed by atoms with Gasteiger partial charge in [0.25, 0.3) is 0 Å². The van der Waals surface area contributed by atoms with Gasteiger partial charge in [-0.15, -0.1) is 0 Å². The van der Waals surface area contributed by atoms with Crippen LogP contribution >= 0.6 is 15.9 Å². The van der Waals surface area contributed by atoms with Crippen molar-refractivity contribution in [1.29, 1.82) is 0 Å². The number of carbonyl (C=O) groups excluding carboxylic acids is 1. The Morgan fingerprint density at radius 1 is 1.35 bits per heavy atom. The van der Waals surface area contributed by atoms with Crippen molar-refractivity contribution in [3.8, 4) is 0 Å². The Kier molecular flexibility index (Phi) is 3.57. The molecule has 3 rings (SSSR count). The zero-order chi connectivity index (χ0) is 14.1. The maximum Gasteiger partial charge on any atom is 0.159 e. The SMILES string of the molecule is CC(=O)c1ccc2c(c1)CCN2Cc1ccc(Br)cn1. The zero-order valence-corrected chi connectivity index (χ0v) is 12.9. The van der Waals surface area contributed by atoms with Gasteiger partial charge in [0.2, 0.25) is 0 Å². The molecule has 0 atom stereocenters. The smallest absolute Gasteiger partial charge is 0.159 e. The number of ketones is 1. The number of Topliss-reactive ketones (excluding diaryl/α,β-unsaturated/α-hetero) is 1. The van der Waals surface area contributed by atoms with E-state index in [4.69, 9.17) is 0 Å². The molecular formula is C16H15BrN2O. The monoisotopic (exact) mass is 330 g/mol. The summed E-state index contributed by atoms with van der Waals surface area (Å²) in [6.07, 6.45) is 2.82. The Morgan fingerprint density at radius 2 is 2.20 bits per heavy atom. The molecule has 1 aromatic carbocycles. The molecule has 3 nitrogen and oxygen atoms in total. The lowest BCUT2D eigenvalue weighted by atomic mass is 10.1. The molecule has 0 unspecified atom stereocenters. The van der Waals surface area contributed by atoms with E-state index < -0.39 is 0 Å². The molecule has 20 heavy (non-hydrogen) atoms. The molecule has 0 bridgehead atoms. The van der Waals surface area contributed by atoms with Crippen LogP contribution in [-0.2, 0) is 13.0 Å². The molecule has 2 aromatic rings.